The zero-order valence-corrected chi connectivity index (χ0v) is 9.20. The van der Waals surface area contributed by atoms with Crippen molar-refractivity contribution in [2.45, 2.75) is 18.4 Å². The van der Waals surface area contributed by atoms with Crippen molar-refractivity contribution < 1.29 is 28.5 Å². The normalized spacial score (nSPS) is 15.7. The molecule has 0 spiro atoms. The zero-order chi connectivity index (χ0) is 13.2. The highest BCUT2D eigenvalue weighted by atomic mass is 35.5. The van der Waals surface area contributed by atoms with E-state index in [2.05, 4.69) is 0 Å². The highest BCUT2D eigenvalue weighted by molar-refractivity contribution is 6.31. The topological polar surface area (TPSA) is 60.7 Å². The first-order valence-electron chi connectivity index (χ1n) is 4.61. The van der Waals surface area contributed by atoms with Gasteiger partial charge in [-0.05, 0) is 18.2 Å². The van der Waals surface area contributed by atoms with Gasteiger partial charge in [0.15, 0.2) is 0 Å². The summed E-state index contributed by atoms with van der Waals surface area (Å²) in [5.74, 6) is 0. The fourth-order valence-electron chi connectivity index (χ4n) is 1.25. The Kier molecular flexibility index (Phi) is 4.37. The van der Waals surface area contributed by atoms with Crippen LogP contribution in [0.25, 0.3) is 0 Å². The lowest BCUT2D eigenvalue weighted by Crippen LogP contribution is -2.22. The van der Waals surface area contributed by atoms with Crippen molar-refractivity contribution in [3.63, 3.8) is 0 Å². The first-order valence-corrected chi connectivity index (χ1v) is 4.98. The van der Waals surface area contributed by atoms with E-state index in [1.165, 1.54) is 0 Å². The van der Waals surface area contributed by atoms with Gasteiger partial charge < -0.3 is 15.3 Å². The lowest BCUT2D eigenvalue weighted by Gasteiger charge is -2.18. The molecule has 1 aromatic carbocycles. The van der Waals surface area contributed by atoms with Crippen molar-refractivity contribution in [1.29, 1.82) is 0 Å². The molecule has 0 saturated heterocycles. The van der Waals surface area contributed by atoms with E-state index in [-0.39, 0.29) is 10.6 Å². The molecule has 0 aliphatic rings. The second-order valence-corrected chi connectivity index (χ2v) is 3.84. The van der Waals surface area contributed by atoms with Gasteiger partial charge in [-0.15, -0.1) is 0 Å². The van der Waals surface area contributed by atoms with Gasteiger partial charge in [0.25, 0.3) is 0 Å². The summed E-state index contributed by atoms with van der Waals surface area (Å²) in [5, 5.41) is 27.2. The van der Waals surface area contributed by atoms with Crippen molar-refractivity contribution in [3.05, 3.63) is 34.3 Å². The van der Waals surface area contributed by atoms with Gasteiger partial charge in [-0.3, -0.25) is 0 Å². The molecular weight excluding hydrogens is 261 g/mol. The van der Waals surface area contributed by atoms with Crippen molar-refractivity contribution in [1.82, 2.24) is 0 Å². The molecule has 0 radical (unpaired) electrons. The minimum absolute atomic E-state index is 0.113. The fourth-order valence-corrected chi connectivity index (χ4v) is 1.48. The van der Waals surface area contributed by atoms with Crippen LogP contribution in [0.1, 0.15) is 17.2 Å². The van der Waals surface area contributed by atoms with Crippen LogP contribution >= 0.6 is 11.6 Å². The lowest BCUT2D eigenvalue weighted by atomic mass is 10.0. The molecular formula is C10H10ClF3O3. The van der Waals surface area contributed by atoms with E-state index in [0.29, 0.717) is 6.07 Å². The van der Waals surface area contributed by atoms with Gasteiger partial charge in [0.1, 0.15) is 12.2 Å². The smallest absolute Gasteiger partial charge is 0.394 e. The molecule has 0 aliphatic carbocycles. The standard InChI is InChI=1S/C10H10ClF3O3/c11-7-2-1-5(10(12,13)14)3-6(7)9(17)8(16)4-15/h1-3,8-9,15-17H,4H2. The predicted molar refractivity (Wildman–Crippen MR) is 54.5 cm³/mol. The molecule has 0 fully saturated rings. The molecule has 3 nitrogen and oxygen atoms in total. The highest BCUT2D eigenvalue weighted by Gasteiger charge is 2.32. The van der Waals surface area contributed by atoms with Gasteiger partial charge in [-0.25, -0.2) is 0 Å². The molecule has 0 aromatic heterocycles. The molecule has 1 rings (SSSR count). The molecule has 0 heterocycles. The Hall–Kier alpha value is -0.820. The Balaban J connectivity index is 3.15. The Labute approximate surface area is 100 Å². The SMILES string of the molecule is OCC(O)C(O)c1cc(C(F)(F)F)ccc1Cl. The summed E-state index contributed by atoms with van der Waals surface area (Å²) in [4.78, 5) is 0. The molecule has 0 bridgehead atoms. The Bertz CT molecular complexity index is 395. The van der Waals surface area contributed by atoms with E-state index in [1.807, 2.05) is 0 Å². The number of rotatable bonds is 3. The highest BCUT2D eigenvalue weighted by Crippen LogP contribution is 2.34. The first kappa shape index (κ1) is 14.2. The second-order valence-electron chi connectivity index (χ2n) is 3.43. The molecule has 17 heavy (non-hydrogen) atoms. The van der Waals surface area contributed by atoms with Crippen LogP contribution in [-0.2, 0) is 6.18 Å². The minimum atomic E-state index is -4.57. The first-order chi connectivity index (χ1) is 7.77. The van der Waals surface area contributed by atoms with Crippen molar-refractivity contribution in [2.24, 2.45) is 0 Å². The van der Waals surface area contributed by atoms with E-state index in [1.54, 1.807) is 0 Å². The number of aliphatic hydroxyl groups excluding tert-OH is 3. The molecule has 0 amide bonds. The van der Waals surface area contributed by atoms with E-state index < -0.39 is 30.6 Å². The molecule has 1 aromatic rings. The van der Waals surface area contributed by atoms with Crippen molar-refractivity contribution >= 4 is 11.6 Å². The number of hydrogen-bond donors (Lipinski definition) is 3. The molecule has 7 heteroatoms. The number of alkyl halides is 3. The average Bonchev–Trinajstić information content (AvgIpc) is 2.26. The van der Waals surface area contributed by atoms with Crippen LogP contribution in [0.2, 0.25) is 5.02 Å². The van der Waals surface area contributed by atoms with Crippen LogP contribution < -0.4 is 0 Å². The molecule has 2 atom stereocenters. The average molecular weight is 271 g/mol. The van der Waals surface area contributed by atoms with Gasteiger partial charge >= 0.3 is 6.18 Å². The summed E-state index contributed by atoms with van der Waals surface area (Å²) in [6.07, 6.45) is -7.82. The van der Waals surface area contributed by atoms with E-state index in [9.17, 15) is 18.3 Å². The van der Waals surface area contributed by atoms with Crippen molar-refractivity contribution in [3.8, 4) is 0 Å². The summed E-state index contributed by atoms with van der Waals surface area (Å²) in [5.41, 5.74) is -1.26. The van der Waals surface area contributed by atoms with Gasteiger partial charge in [-0.2, -0.15) is 13.2 Å². The van der Waals surface area contributed by atoms with Gasteiger partial charge in [0.05, 0.1) is 12.2 Å². The van der Waals surface area contributed by atoms with Gasteiger partial charge in [-0.1, -0.05) is 11.6 Å². The van der Waals surface area contributed by atoms with Crippen LogP contribution in [0.15, 0.2) is 18.2 Å². The molecule has 3 N–H and O–H groups in total. The largest absolute Gasteiger partial charge is 0.416 e. The van der Waals surface area contributed by atoms with Gasteiger partial charge in [0.2, 0.25) is 0 Å². The van der Waals surface area contributed by atoms with Crippen LogP contribution in [0.4, 0.5) is 13.2 Å². The minimum Gasteiger partial charge on any atom is -0.394 e. The molecule has 2 unspecified atom stereocenters. The summed E-state index contributed by atoms with van der Waals surface area (Å²) < 4.78 is 37.2. The summed E-state index contributed by atoms with van der Waals surface area (Å²) in [6.45, 7) is -0.784. The number of halogens is 4. The van der Waals surface area contributed by atoms with Crippen LogP contribution in [0, 0.1) is 0 Å². The fraction of sp³-hybridized carbons (Fsp3) is 0.400. The Morgan fingerprint density at radius 1 is 1.24 bits per heavy atom. The summed E-state index contributed by atoms with van der Waals surface area (Å²) in [6, 6.07) is 2.39. The van der Waals surface area contributed by atoms with E-state index in [4.69, 9.17) is 21.8 Å². The zero-order valence-electron chi connectivity index (χ0n) is 8.45. The maximum absolute atomic E-state index is 12.4. The van der Waals surface area contributed by atoms with E-state index >= 15 is 0 Å². The lowest BCUT2D eigenvalue weighted by molar-refractivity contribution is -0.137. The second kappa shape index (κ2) is 5.22. The van der Waals surface area contributed by atoms with Crippen molar-refractivity contribution in [2.75, 3.05) is 6.61 Å². The maximum Gasteiger partial charge on any atom is 0.416 e. The third-order valence-electron chi connectivity index (χ3n) is 2.19. The summed E-state index contributed by atoms with van der Waals surface area (Å²) in [7, 11) is 0. The van der Waals surface area contributed by atoms with Crippen LogP contribution in [0.3, 0.4) is 0 Å². The molecule has 0 saturated carbocycles. The molecule has 0 aliphatic heterocycles. The summed E-state index contributed by atoms with van der Waals surface area (Å²) >= 11 is 5.62. The monoisotopic (exact) mass is 270 g/mol. The van der Waals surface area contributed by atoms with E-state index in [0.717, 1.165) is 12.1 Å². The third kappa shape index (κ3) is 3.32. The number of hydrogen-bond acceptors (Lipinski definition) is 3. The Morgan fingerprint density at radius 3 is 2.29 bits per heavy atom. The quantitative estimate of drug-likeness (QED) is 0.784. The third-order valence-corrected chi connectivity index (χ3v) is 2.54. The molecule has 96 valence electrons. The number of benzene rings is 1. The predicted octanol–water partition coefficient (Wildman–Crippen LogP) is 1.75. The maximum atomic E-state index is 12.4. The van der Waals surface area contributed by atoms with Crippen LogP contribution in [0.5, 0.6) is 0 Å². The number of aliphatic hydroxyl groups is 3. The Morgan fingerprint density at radius 2 is 1.82 bits per heavy atom. The van der Waals surface area contributed by atoms with Gasteiger partial charge in [0, 0.05) is 10.6 Å². The van der Waals surface area contributed by atoms with Crippen LogP contribution in [-0.4, -0.2) is 28.0 Å².